The Morgan fingerprint density at radius 2 is 1.81 bits per heavy atom. The third-order valence-electron chi connectivity index (χ3n) is 5.34. The molecule has 0 spiro atoms. The summed E-state index contributed by atoms with van der Waals surface area (Å²) in [4.78, 5) is 12.6. The first kappa shape index (κ1) is 18.5. The number of rotatable bonds is 6. The molecule has 0 bridgehead atoms. The second-order valence-corrected chi connectivity index (χ2v) is 6.83. The molecule has 1 amide bonds. The van der Waals surface area contributed by atoms with Crippen molar-refractivity contribution in [2.24, 2.45) is 0 Å². The zero-order valence-corrected chi connectivity index (χ0v) is 15.6. The Labute approximate surface area is 155 Å². The molecule has 1 aliphatic rings. The number of methoxy groups -OCH3 is 1. The SMILES string of the molecule is CCc1ccc(C(=O)NCC2(c3ccccc3OC)CCOCC2)cc1. The predicted octanol–water partition coefficient (Wildman–Crippen LogP) is 3.74. The largest absolute Gasteiger partial charge is 0.496 e. The van der Waals surface area contributed by atoms with Gasteiger partial charge in [-0.25, -0.2) is 0 Å². The van der Waals surface area contributed by atoms with Gasteiger partial charge >= 0.3 is 0 Å². The molecule has 2 aromatic carbocycles. The third-order valence-corrected chi connectivity index (χ3v) is 5.34. The monoisotopic (exact) mass is 353 g/mol. The molecule has 2 aromatic rings. The van der Waals surface area contributed by atoms with E-state index in [0.29, 0.717) is 25.3 Å². The van der Waals surface area contributed by atoms with Gasteiger partial charge in [-0.05, 0) is 43.0 Å². The van der Waals surface area contributed by atoms with E-state index < -0.39 is 0 Å². The van der Waals surface area contributed by atoms with Gasteiger partial charge in [-0.1, -0.05) is 37.3 Å². The zero-order valence-electron chi connectivity index (χ0n) is 15.6. The molecule has 3 rings (SSSR count). The van der Waals surface area contributed by atoms with Crippen molar-refractivity contribution in [2.45, 2.75) is 31.6 Å². The van der Waals surface area contributed by atoms with Crippen LogP contribution in [-0.4, -0.2) is 32.8 Å². The summed E-state index contributed by atoms with van der Waals surface area (Å²) in [6.45, 7) is 4.07. The van der Waals surface area contributed by atoms with Gasteiger partial charge < -0.3 is 14.8 Å². The molecule has 138 valence electrons. The van der Waals surface area contributed by atoms with Crippen LogP contribution in [0.2, 0.25) is 0 Å². The van der Waals surface area contributed by atoms with E-state index in [1.165, 1.54) is 5.56 Å². The summed E-state index contributed by atoms with van der Waals surface area (Å²) in [7, 11) is 1.69. The average molecular weight is 353 g/mol. The fourth-order valence-corrected chi connectivity index (χ4v) is 3.63. The van der Waals surface area contributed by atoms with Crippen molar-refractivity contribution in [2.75, 3.05) is 26.9 Å². The number of nitrogens with one attached hydrogen (secondary N) is 1. The molecule has 1 saturated heterocycles. The van der Waals surface area contributed by atoms with Gasteiger partial charge in [0.1, 0.15) is 5.75 Å². The number of ether oxygens (including phenoxy) is 2. The Morgan fingerprint density at radius 3 is 2.46 bits per heavy atom. The average Bonchev–Trinajstić information content (AvgIpc) is 2.72. The van der Waals surface area contributed by atoms with Gasteiger partial charge in [-0.3, -0.25) is 4.79 Å². The molecule has 1 aliphatic heterocycles. The van der Waals surface area contributed by atoms with Crippen LogP contribution in [0, 0.1) is 0 Å². The number of hydrogen-bond acceptors (Lipinski definition) is 3. The summed E-state index contributed by atoms with van der Waals surface area (Å²) in [6.07, 6.45) is 2.70. The van der Waals surface area contributed by atoms with Crippen molar-refractivity contribution in [1.82, 2.24) is 5.32 Å². The fraction of sp³-hybridized carbons (Fsp3) is 0.409. The minimum atomic E-state index is -0.163. The summed E-state index contributed by atoms with van der Waals surface area (Å²) in [6, 6.07) is 15.9. The quantitative estimate of drug-likeness (QED) is 0.861. The normalized spacial score (nSPS) is 16.1. The Morgan fingerprint density at radius 1 is 1.12 bits per heavy atom. The smallest absolute Gasteiger partial charge is 0.251 e. The lowest BCUT2D eigenvalue weighted by molar-refractivity contribution is 0.0479. The standard InChI is InChI=1S/C22H27NO3/c1-3-17-8-10-18(11-9-17)21(24)23-16-22(12-14-26-15-13-22)19-6-4-5-7-20(19)25-2/h4-11H,3,12-16H2,1-2H3,(H,23,24). The molecule has 4 heteroatoms. The molecule has 0 atom stereocenters. The van der Waals surface area contributed by atoms with Crippen molar-refractivity contribution in [3.05, 3.63) is 65.2 Å². The highest BCUT2D eigenvalue weighted by atomic mass is 16.5. The van der Waals surface area contributed by atoms with Crippen LogP contribution in [0.5, 0.6) is 5.75 Å². The maximum absolute atomic E-state index is 12.6. The van der Waals surface area contributed by atoms with Crippen molar-refractivity contribution in [3.63, 3.8) is 0 Å². The van der Waals surface area contributed by atoms with Crippen LogP contribution in [0.1, 0.15) is 41.3 Å². The number of carbonyl (C=O) groups excluding carboxylic acids is 1. The second kappa shape index (κ2) is 8.37. The first-order valence-corrected chi connectivity index (χ1v) is 9.27. The van der Waals surface area contributed by atoms with Gasteiger partial charge in [-0.2, -0.15) is 0 Å². The van der Waals surface area contributed by atoms with E-state index in [9.17, 15) is 4.79 Å². The molecule has 1 N–H and O–H groups in total. The van der Waals surface area contributed by atoms with E-state index in [0.717, 1.165) is 30.6 Å². The lowest BCUT2D eigenvalue weighted by atomic mass is 9.73. The van der Waals surface area contributed by atoms with E-state index in [1.54, 1.807) is 7.11 Å². The number of hydrogen-bond donors (Lipinski definition) is 1. The van der Waals surface area contributed by atoms with Crippen LogP contribution >= 0.6 is 0 Å². The Balaban J connectivity index is 1.79. The van der Waals surface area contributed by atoms with Crippen molar-refractivity contribution in [3.8, 4) is 5.75 Å². The Bertz CT molecular complexity index is 733. The summed E-state index contributed by atoms with van der Waals surface area (Å²) in [5.74, 6) is 0.837. The van der Waals surface area contributed by atoms with Crippen LogP contribution < -0.4 is 10.1 Å². The molecule has 26 heavy (non-hydrogen) atoms. The van der Waals surface area contributed by atoms with Gasteiger partial charge in [0.15, 0.2) is 0 Å². The molecule has 0 radical (unpaired) electrons. The predicted molar refractivity (Wildman–Crippen MR) is 103 cm³/mol. The summed E-state index contributed by atoms with van der Waals surface area (Å²) < 4.78 is 11.2. The molecule has 1 fully saturated rings. The Kier molecular flexibility index (Phi) is 5.94. The van der Waals surface area contributed by atoms with E-state index in [1.807, 2.05) is 42.5 Å². The molecule has 0 unspecified atom stereocenters. The van der Waals surface area contributed by atoms with E-state index in [2.05, 4.69) is 18.3 Å². The minimum absolute atomic E-state index is 0.0339. The number of benzene rings is 2. The topological polar surface area (TPSA) is 47.6 Å². The van der Waals surface area contributed by atoms with Gasteiger partial charge in [0.05, 0.1) is 7.11 Å². The number of para-hydroxylation sites is 1. The van der Waals surface area contributed by atoms with Crippen LogP contribution in [0.3, 0.4) is 0 Å². The molecule has 0 saturated carbocycles. The van der Waals surface area contributed by atoms with Gasteiger partial charge in [0.25, 0.3) is 5.91 Å². The zero-order chi connectivity index (χ0) is 18.4. The molecular formula is C22H27NO3. The van der Waals surface area contributed by atoms with Crippen LogP contribution in [-0.2, 0) is 16.6 Å². The lowest BCUT2D eigenvalue weighted by Crippen LogP contribution is -2.44. The number of carbonyl (C=O) groups is 1. The first-order chi connectivity index (χ1) is 12.7. The number of amides is 1. The first-order valence-electron chi connectivity index (χ1n) is 9.27. The van der Waals surface area contributed by atoms with Crippen LogP contribution in [0.15, 0.2) is 48.5 Å². The third kappa shape index (κ3) is 3.91. The van der Waals surface area contributed by atoms with Gasteiger partial charge in [0, 0.05) is 36.3 Å². The van der Waals surface area contributed by atoms with Crippen LogP contribution in [0.4, 0.5) is 0 Å². The van der Waals surface area contributed by atoms with Gasteiger partial charge in [0.2, 0.25) is 0 Å². The number of aryl methyl sites for hydroxylation is 1. The highest BCUT2D eigenvalue weighted by Gasteiger charge is 2.37. The molecule has 0 aromatic heterocycles. The van der Waals surface area contributed by atoms with E-state index in [4.69, 9.17) is 9.47 Å². The maximum atomic E-state index is 12.6. The molecule has 0 aliphatic carbocycles. The lowest BCUT2D eigenvalue weighted by Gasteiger charge is -2.38. The highest BCUT2D eigenvalue weighted by molar-refractivity contribution is 5.94. The Hall–Kier alpha value is -2.33. The van der Waals surface area contributed by atoms with Crippen LogP contribution in [0.25, 0.3) is 0 Å². The second-order valence-electron chi connectivity index (χ2n) is 6.83. The fourth-order valence-electron chi connectivity index (χ4n) is 3.63. The molecule has 4 nitrogen and oxygen atoms in total. The minimum Gasteiger partial charge on any atom is -0.496 e. The highest BCUT2D eigenvalue weighted by Crippen LogP contribution is 2.39. The van der Waals surface area contributed by atoms with E-state index in [-0.39, 0.29) is 11.3 Å². The molecular weight excluding hydrogens is 326 g/mol. The maximum Gasteiger partial charge on any atom is 0.251 e. The van der Waals surface area contributed by atoms with Crippen molar-refractivity contribution < 1.29 is 14.3 Å². The molecule has 1 heterocycles. The van der Waals surface area contributed by atoms with Crippen molar-refractivity contribution in [1.29, 1.82) is 0 Å². The summed E-state index contributed by atoms with van der Waals surface area (Å²) in [5.41, 5.74) is 2.91. The summed E-state index contributed by atoms with van der Waals surface area (Å²) in [5, 5.41) is 3.15. The van der Waals surface area contributed by atoms with Gasteiger partial charge in [-0.15, -0.1) is 0 Å². The summed E-state index contributed by atoms with van der Waals surface area (Å²) >= 11 is 0. The van der Waals surface area contributed by atoms with Crippen molar-refractivity contribution >= 4 is 5.91 Å². The van der Waals surface area contributed by atoms with E-state index >= 15 is 0 Å².